The Morgan fingerprint density at radius 2 is 1.97 bits per heavy atom. The Morgan fingerprint density at radius 3 is 2.71 bits per heavy atom. The molecule has 0 aromatic heterocycles. The van der Waals surface area contributed by atoms with E-state index in [2.05, 4.69) is 10.6 Å². The average Bonchev–Trinajstić information content (AvgIpc) is 2.81. The van der Waals surface area contributed by atoms with E-state index in [4.69, 9.17) is 4.74 Å². The number of ether oxygens (including phenoxy) is 1. The Balaban J connectivity index is 1.55. The molecule has 2 amide bonds. The number of rotatable bonds is 5. The average molecular weight is 486 g/mol. The topological polar surface area (TPSA) is 105 Å². The number of carbonyl (C=O) groups excluding carboxylic acids is 2. The van der Waals surface area contributed by atoms with E-state index in [9.17, 15) is 18.0 Å². The minimum atomic E-state index is -3.86. The van der Waals surface area contributed by atoms with Crippen molar-refractivity contribution >= 4 is 33.2 Å². The van der Waals surface area contributed by atoms with Crippen LogP contribution in [-0.2, 0) is 19.6 Å². The third kappa shape index (κ3) is 4.54. The molecule has 34 heavy (non-hydrogen) atoms. The number of anilines is 2. The molecule has 0 unspecified atom stereocenters. The summed E-state index contributed by atoms with van der Waals surface area (Å²) >= 11 is 0. The number of sulfonamides is 1. The second-order valence-electron chi connectivity index (χ2n) is 9.06. The maximum atomic E-state index is 13.6. The molecule has 0 aliphatic carbocycles. The van der Waals surface area contributed by atoms with Gasteiger partial charge in [-0.25, -0.2) is 8.42 Å². The van der Waals surface area contributed by atoms with Crippen LogP contribution in [0.2, 0.25) is 0 Å². The smallest absolute Gasteiger partial charge is 0.265 e. The molecule has 2 aromatic rings. The van der Waals surface area contributed by atoms with E-state index in [1.54, 1.807) is 13.0 Å². The highest BCUT2D eigenvalue weighted by atomic mass is 32.2. The van der Waals surface area contributed by atoms with Gasteiger partial charge in [-0.2, -0.15) is 4.31 Å². The van der Waals surface area contributed by atoms with Gasteiger partial charge in [0.05, 0.1) is 16.5 Å². The van der Waals surface area contributed by atoms with Gasteiger partial charge in [-0.15, -0.1) is 0 Å². The molecule has 2 atom stereocenters. The van der Waals surface area contributed by atoms with Crippen LogP contribution in [0.4, 0.5) is 11.4 Å². The third-order valence-electron chi connectivity index (χ3n) is 6.70. The van der Waals surface area contributed by atoms with Crippen molar-refractivity contribution in [2.24, 2.45) is 5.92 Å². The molecule has 4 rings (SSSR count). The number of amides is 2. The maximum Gasteiger partial charge on any atom is 0.265 e. The molecule has 1 saturated heterocycles. The van der Waals surface area contributed by atoms with Crippen molar-refractivity contribution in [1.29, 1.82) is 0 Å². The molecule has 0 bridgehead atoms. The number of benzene rings is 2. The first-order valence-corrected chi connectivity index (χ1v) is 13.0. The molecule has 2 aromatic carbocycles. The Bertz CT molecular complexity index is 1240. The lowest BCUT2D eigenvalue weighted by Gasteiger charge is -2.32. The predicted octanol–water partition coefficient (Wildman–Crippen LogP) is 3.76. The van der Waals surface area contributed by atoms with Crippen molar-refractivity contribution in [2.75, 3.05) is 23.7 Å². The summed E-state index contributed by atoms with van der Waals surface area (Å²) in [6, 6.07) is 8.85. The number of aryl methyl sites for hydroxylation is 2. The number of piperidine rings is 1. The molecule has 1 fully saturated rings. The minimum Gasteiger partial charge on any atom is -0.478 e. The molecule has 182 valence electrons. The van der Waals surface area contributed by atoms with E-state index >= 15 is 0 Å². The molecule has 8 nitrogen and oxygen atoms in total. The molecule has 2 aliphatic heterocycles. The Morgan fingerprint density at radius 1 is 1.21 bits per heavy atom. The van der Waals surface area contributed by atoms with Crippen LogP contribution in [0.1, 0.15) is 42.9 Å². The van der Waals surface area contributed by atoms with E-state index in [0.29, 0.717) is 42.8 Å². The van der Waals surface area contributed by atoms with Crippen LogP contribution in [0.15, 0.2) is 35.2 Å². The van der Waals surface area contributed by atoms with E-state index in [-0.39, 0.29) is 23.3 Å². The van der Waals surface area contributed by atoms with Crippen molar-refractivity contribution in [1.82, 2.24) is 4.31 Å². The second kappa shape index (κ2) is 9.38. The first-order valence-electron chi connectivity index (χ1n) is 11.6. The summed E-state index contributed by atoms with van der Waals surface area (Å²) in [5.41, 5.74) is 3.81. The van der Waals surface area contributed by atoms with Gasteiger partial charge in [0.1, 0.15) is 5.75 Å². The molecule has 0 spiro atoms. The molecular formula is C25H31N3O5S. The van der Waals surface area contributed by atoms with Crippen LogP contribution in [0, 0.1) is 26.7 Å². The molecule has 2 heterocycles. The van der Waals surface area contributed by atoms with Gasteiger partial charge in [0.15, 0.2) is 6.10 Å². The van der Waals surface area contributed by atoms with Crippen molar-refractivity contribution in [3.8, 4) is 5.75 Å². The molecule has 2 N–H and O–H groups in total. The van der Waals surface area contributed by atoms with E-state index in [1.165, 1.54) is 10.4 Å². The number of nitrogens with one attached hydrogen (secondary N) is 2. The Labute approximate surface area is 200 Å². The van der Waals surface area contributed by atoms with Crippen molar-refractivity contribution in [3.05, 3.63) is 47.0 Å². The molecule has 0 saturated carbocycles. The zero-order valence-corrected chi connectivity index (χ0v) is 20.8. The quantitative estimate of drug-likeness (QED) is 0.671. The van der Waals surface area contributed by atoms with Crippen LogP contribution in [-0.4, -0.2) is 43.7 Å². The Hall–Kier alpha value is -2.91. The van der Waals surface area contributed by atoms with Gasteiger partial charge in [-0.05, 0) is 68.9 Å². The van der Waals surface area contributed by atoms with Gasteiger partial charge in [0.2, 0.25) is 15.9 Å². The van der Waals surface area contributed by atoms with Crippen LogP contribution in [0.5, 0.6) is 5.75 Å². The van der Waals surface area contributed by atoms with Crippen molar-refractivity contribution < 1.29 is 22.7 Å². The van der Waals surface area contributed by atoms with Crippen LogP contribution in [0.3, 0.4) is 0 Å². The highest BCUT2D eigenvalue weighted by Crippen LogP contribution is 2.36. The van der Waals surface area contributed by atoms with Crippen LogP contribution >= 0.6 is 0 Å². The SMILES string of the molecule is CC[C@@H]1Oc2cc(S(=O)(=O)N3CCC[C@@H](C(=O)Nc4cccc(C)c4C)C3)c(C)cc2NC1=O. The Kier molecular flexibility index (Phi) is 6.69. The van der Waals surface area contributed by atoms with Gasteiger partial charge in [0, 0.05) is 24.8 Å². The normalized spacial score (nSPS) is 20.8. The fourth-order valence-corrected chi connectivity index (χ4v) is 6.21. The zero-order valence-electron chi connectivity index (χ0n) is 20.0. The number of nitrogens with zero attached hydrogens (tertiary/aromatic N) is 1. The summed E-state index contributed by atoms with van der Waals surface area (Å²) in [6.07, 6.45) is 1.04. The minimum absolute atomic E-state index is 0.116. The highest BCUT2D eigenvalue weighted by Gasteiger charge is 2.36. The zero-order chi connectivity index (χ0) is 24.6. The number of hydrogen-bond acceptors (Lipinski definition) is 5. The number of fused-ring (bicyclic) bond motifs is 1. The first kappa shape index (κ1) is 24.2. The summed E-state index contributed by atoms with van der Waals surface area (Å²) in [5.74, 6) is -0.510. The summed E-state index contributed by atoms with van der Waals surface area (Å²) in [7, 11) is -3.86. The van der Waals surface area contributed by atoms with Gasteiger partial charge in [0.25, 0.3) is 5.91 Å². The van der Waals surface area contributed by atoms with Crippen LogP contribution < -0.4 is 15.4 Å². The van der Waals surface area contributed by atoms with Gasteiger partial charge in [-0.3, -0.25) is 9.59 Å². The fourth-order valence-electron chi connectivity index (χ4n) is 4.47. The fraction of sp³-hybridized carbons (Fsp3) is 0.440. The van der Waals surface area contributed by atoms with Gasteiger partial charge in [-0.1, -0.05) is 19.1 Å². The largest absolute Gasteiger partial charge is 0.478 e. The lowest BCUT2D eigenvalue weighted by molar-refractivity contribution is -0.123. The second-order valence-corrected chi connectivity index (χ2v) is 11.0. The lowest BCUT2D eigenvalue weighted by Crippen LogP contribution is -2.44. The summed E-state index contributed by atoms with van der Waals surface area (Å²) in [6.45, 7) is 7.93. The lowest BCUT2D eigenvalue weighted by atomic mass is 9.98. The van der Waals surface area contributed by atoms with E-state index in [1.807, 2.05) is 39.0 Å². The molecular weight excluding hydrogens is 454 g/mol. The van der Waals surface area contributed by atoms with Gasteiger partial charge < -0.3 is 15.4 Å². The summed E-state index contributed by atoms with van der Waals surface area (Å²) in [4.78, 5) is 25.2. The standard InChI is InChI=1S/C25H31N3O5S/c1-5-21-25(30)27-20-12-16(3)23(13-22(20)33-21)34(31,32)28-11-7-9-18(14-28)24(29)26-19-10-6-8-15(2)17(19)4/h6,8,10,12-13,18,21H,5,7,9,11,14H2,1-4H3,(H,26,29)(H,27,30)/t18-,21+/m1/s1. The number of carbonyl (C=O) groups is 2. The van der Waals surface area contributed by atoms with Crippen LogP contribution in [0.25, 0.3) is 0 Å². The summed E-state index contributed by atoms with van der Waals surface area (Å²) in [5, 5.41) is 5.77. The van der Waals surface area contributed by atoms with E-state index in [0.717, 1.165) is 16.8 Å². The van der Waals surface area contributed by atoms with Gasteiger partial charge >= 0.3 is 0 Å². The predicted molar refractivity (Wildman–Crippen MR) is 131 cm³/mol. The monoisotopic (exact) mass is 485 g/mol. The first-order chi connectivity index (χ1) is 16.1. The van der Waals surface area contributed by atoms with Crippen molar-refractivity contribution in [3.63, 3.8) is 0 Å². The molecule has 2 aliphatic rings. The third-order valence-corrected chi connectivity index (χ3v) is 8.71. The van der Waals surface area contributed by atoms with E-state index < -0.39 is 22.0 Å². The summed E-state index contributed by atoms with van der Waals surface area (Å²) < 4.78 is 34.3. The molecule has 0 radical (unpaired) electrons. The maximum absolute atomic E-state index is 13.6. The number of hydrogen-bond donors (Lipinski definition) is 2. The molecule has 9 heteroatoms. The van der Waals surface area contributed by atoms with Crippen molar-refractivity contribution in [2.45, 2.75) is 58.0 Å². The highest BCUT2D eigenvalue weighted by molar-refractivity contribution is 7.89.